The number of carbonyl (C=O) groups is 1. The summed E-state index contributed by atoms with van der Waals surface area (Å²) >= 11 is 5.84. The summed E-state index contributed by atoms with van der Waals surface area (Å²) in [4.78, 5) is 15.6. The van der Waals surface area contributed by atoms with E-state index in [0.717, 1.165) is 12.2 Å². The van der Waals surface area contributed by atoms with Crippen molar-refractivity contribution in [2.24, 2.45) is 0 Å². The molecule has 1 aromatic rings. The molecule has 0 saturated carbocycles. The molecule has 1 aliphatic heterocycles. The summed E-state index contributed by atoms with van der Waals surface area (Å²) in [7, 11) is 3.73. The van der Waals surface area contributed by atoms with Crippen molar-refractivity contribution in [1.82, 2.24) is 10.2 Å². The average Bonchev–Trinajstić information content (AvgIpc) is 2.59. The van der Waals surface area contributed by atoms with Crippen molar-refractivity contribution in [2.75, 3.05) is 32.1 Å². The van der Waals surface area contributed by atoms with Gasteiger partial charge in [-0.3, -0.25) is 4.90 Å². The minimum atomic E-state index is 0.0348. The molecule has 1 saturated heterocycles. The number of nitrogens with zero attached hydrogens (tertiary/aromatic N) is 2. The van der Waals surface area contributed by atoms with Crippen molar-refractivity contribution in [3.63, 3.8) is 0 Å². The molecule has 1 fully saturated rings. The highest BCUT2D eigenvalue weighted by Crippen LogP contribution is 2.24. The molecular weight excluding hydrogens is 238 g/mol. The lowest BCUT2D eigenvalue weighted by Crippen LogP contribution is -2.37. The first kappa shape index (κ1) is 12.2. The zero-order chi connectivity index (χ0) is 12.4. The Morgan fingerprint density at radius 1 is 1.41 bits per heavy atom. The van der Waals surface area contributed by atoms with Gasteiger partial charge in [0.25, 0.3) is 0 Å². The minimum Gasteiger partial charge on any atom is -0.321 e. The first-order chi connectivity index (χ1) is 8.13. The molecule has 5 heteroatoms. The number of hydrogen-bond acceptors (Lipinski definition) is 2. The van der Waals surface area contributed by atoms with Crippen LogP contribution in [0.5, 0.6) is 0 Å². The van der Waals surface area contributed by atoms with Crippen LogP contribution in [0.1, 0.15) is 0 Å². The summed E-state index contributed by atoms with van der Waals surface area (Å²) in [5.74, 6) is 0. The quantitative estimate of drug-likeness (QED) is 0.892. The van der Waals surface area contributed by atoms with Gasteiger partial charge in [0.05, 0.1) is 6.04 Å². The Labute approximate surface area is 106 Å². The number of urea groups is 1. The molecule has 2 rings (SSSR count). The summed E-state index contributed by atoms with van der Waals surface area (Å²) in [6.45, 7) is 1.50. The Balaban J connectivity index is 2.17. The van der Waals surface area contributed by atoms with E-state index >= 15 is 0 Å². The van der Waals surface area contributed by atoms with Gasteiger partial charge >= 0.3 is 6.03 Å². The Kier molecular flexibility index (Phi) is 3.54. The molecule has 0 spiro atoms. The summed E-state index contributed by atoms with van der Waals surface area (Å²) in [6.07, 6.45) is 0. The fourth-order valence-electron chi connectivity index (χ4n) is 2.03. The summed E-state index contributed by atoms with van der Waals surface area (Å²) in [6, 6.07) is 7.59. The molecule has 1 heterocycles. The Morgan fingerprint density at radius 3 is 2.65 bits per heavy atom. The maximum absolute atomic E-state index is 12.1. The number of likely N-dealkylation sites (N-methyl/N-ethyl adjacent to an activating group) is 2. The van der Waals surface area contributed by atoms with Gasteiger partial charge in [0.2, 0.25) is 0 Å². The van der Waals surface area contributed by atoms with E-state index in [-0.39, 0.29) is 12.1 Å². The van der Waals surface area contributed by atoms with Crippen LogP contribution < -0.4 is 10.2 Å². The SMILES string of the molecule is CNCC1CN(c2ccc(Cl)cc2)C(=O)N1C. The Bertz CT molecular complexity index is 407. The van der Waals surface area contributed by atoms with E-state index in [2.05, 4.69) is 5.32 Å². The predicted octanol–water partition coefficient (Wildman–Crippen LogP) is 1.80. The first-order valence-corrected chi connectivity index (χ1v) is 5.95. The highest BCUT2D eigenvalue weighted by atomic mass is 35.5. The number of hydrogen-bond donors (Lipinski definition) is 1. The van der Waals surface area contributed by atoms with E-state index in [1.54, 1.807) is 21.9 Å². The third-order valence-electron chi connectivity index (χ3n) is 3.05. The van der Waals surface area contributed by atoms with Gasteiger partial charge in [-0.15, -0.1) is 0 Å². The molecule has 1 aromatic carbocycles. The Morgan fingerprint density at radius 2 is 2.06 bits per heavy atom. The second-order valence-electron chi connectivity index (χ2n) is 4.19. The second-order valence-corrected chi connectivity index (χ2v) is 4.63. The summed E-state index contributed by atoms with van der Waals surface area (Å²) in [5.41, 5.74) is 0.893. The molecule has 0 radical (unpaired) electrons. The van der Waals surface area contributed by atoms with Crippen LogP contribution >= 0.6 is 11.6 Å². The minimum absolute atomic E-state index is 0.0348. The molecule has 1 aliphatic rings. The van der Waals surface area contributed by atoms with Gasteiger partial charge in [0, 0.05) is 30.8 Å². The standard InChI is InChI=1S/C12H16ClN3O/c1-14-7-11-8-16(12(17)15(11)2)10-5-3-9(13)4-6-10/h3-6,11,14H,7-8H2,1-2H3. The van der Waals surface area contributed by atoms with Crippen molar-refractivity contribution in [2.45, 2.75) is 6.04 Å². The number of amides is 2. The van der Waals surface area contributed by atoms with Crippen molar-refractivity contribution < 1.29 is 4.79 Å². The lowest BCUT2D eigenvalue weighted by molar-refractivity contribution is 0.218. The number of nitrogens with one attached hydrogen (secondary N) is 1. The summed E-state index contributed by atoms with van der Waals surface area (Å²) < 4.78 is 0. The van der Waals surface area contributed by atoms with Crippen LogP contribution in [0, 0.1) is 0 Å². The van der Waals surface area contributed by atoms with Gasteiger partial charge in [-0.1, -0.05) is 11.6 Å². The predicted molar refractivity (Wildman–Crippen MR) is 69.7 cm³/mol. The molecule has 1 atom stereocenters. The lowest BCUT2D eigenvalue weighted by Gasteiger charge is -2.16. The zero-order valence-electron chi connectivity index (χ0n) is 9.98. The topological polar surface area (TPSA) is 35.6 Å². The van der Waals surface area contributed by atoms with Gasteiger partial charge in [0.15, 0.2) is 0 Å². The highest BCUT2D eigenvalue weighted by Gasteiger charge is 2.34. The van der Waals surface area contributed by atoms with E-state index in [1.807, 2.05) is 26.2 Å². The number of rotatable bonds is 3. The third-order valence-corrected chi connectivity index (χ3v) is 3.30. The van der Waals surface area contributed by atoms with Crippen LogP contribution in [0.25, 0.3) is 0 Å². The van der Waals surface area contributed by atoms with Crippen LogP contribution in [0.4, 0.5) is 10.5 Å². The normalized spacial score (nSPS) is 20.2. The molecule has 1 unspecified atom stereocenters. The molecular formula is C12H16ClN3O. The summed E-state index contributed by atoms with van der Waals surface area (Å²) in [5, 5.41) is 3.78. The third kappa shape index (κ3) is 2.37. The highest BCUT2D eigenvalue weighted by molar-refractivity contribution is 6.30. The largest absolute Gasteiger partial charge is 0.324 e. The van der Waals surface area contributed by atoms with Gasteiger partial charge in [-0.25, -0.2) is 4.79 Å². The van der Waals surface area contributed by atoms with Crippen LogP contribution in [-0.2, 0) is 0 Å². The van der Waals surface area contributed by atoms with Gasteiger partial charge in [-0.05, 0) is 31.3 Å². The molecule has 92 valence electrons. The van der Waals surface area contributed by atoms with Gasteiger partial charge < -0.3 is 10.2 Å². The van der Waals surface area contributed by atoms with E-state index in [0.29, 0.717) is 11.6 Å². The monoisotopic (exact) mass is 253 g/mol. The van der Waals surface area contributed by atoms with Crippen molar-refractivity contribution in [1.29, 1.82) is 0 Å². The fraction of sp³-hybridized carbons (Fsp3) is 0.417. The Hall–Kier alpha value is -1.26. The van der Waals surface area contributed by atoms with Crippen LogP contribution in [-0.4, -0.2) is 44.2 Å². The van der Waals surface area contributed by atoms with E-state index in [4.69, 9.17) is 11.6 Å². The molecule has 4 nitrogen and oxygen atoms in total. The van der Waals surface area contributed by atoms with Crippen molar-refractivity contribution >= 4 is 23.3 Å². The number of anilines is 1. The molecule has 2 amide bonds. The zero-order valence-corrected chi connectivity index (χ0v) is 10.7. The molecule has 1 N–H and O–H groups in total. The fourth-order valence-corrected chi connectivity index (χ4v) is 2.16. The van der Waals surface area contributed by atoms with E-state index < -0.39 is 0 Å². The molecule has 17 heavy (non-hydrogen) atoms. The van der Waals surface area contributed by atoms with Crippen LogP contribution in [0.3, 0.4) is 0 Å². The van der Waals surface area contributed by atoms with Crippen LogP contribution in [0.15, 0.2) is 24.3 Å². The smallest absolute Gasteiger partial charge is 0.321 e. The molecule has 0 aliphatic carbocycles. The van der Waals surface area contributed by atoms with Crippen molar-refractivity contribution in [3.8, 4) is 0 Å². The second kappa shape index (κ2) is 4.94. The maximum Gasteiger partial charge on any atom is 0.324 e. The maximum atomic E-state index is 12.1. The molecule has 0 aromatic heterocycles. The lowest BCUT2D eigenvalue weighted by atomic mass is 10.2. The number of carbonyl (C=O) groups excluding carboxylic acids is 1. The number of halogens is 1. The van der Waals surface area contributed by atoms with Gasteiger partial charge in [0.1, 0.15) is 0 Å². The number of benzene rings is 1. The van der Waals surface area contributed by atoms with E-state index in [9.17, 15) is 4.79 Å². The molecule has 0 bridgehead atoms. The van der Waals surface area contributed by atoms with E-state index in [1.165, 1.54) is 0 Å². The van der Waals surface area contributed by atoms with Crippen LogP contribution in [0.2, 0.25) is 5.02 Å². The van der Waals surface area contributed by atoms with Crippen molar-refractivity contribution in [3.05, 3.63) is 29.3 Å². The average molecular weight is 254 g/mol. The van der Waals surface area contributed by atoms with Gasteiger partial charge in [-0.2, -0.15) is 0 Å². The first-order valence-electron chi connectivity index (χ1n) is 5.58.